The predicted octanol–water partition coefficient (Wildman–Crippen LogP) is 3.29. The maximum atomic E-state index is 4.77. The monoisotopic (exact) mass is 336 g/mol. The van der Waals surface area contributed by atoms with Crippen LogP contribution in [0, 0.1) is 12.8 Å². The van der Waals surface area contributed by atoms with E-state index in [2.05, 4.69) is 30.6 Å². The average molecular weight is 337 g/mol. The van der Waals surface area contributed by atoms with E-state index in [9.17, 15) is 0 Å². The Balaban J connectivity index is 1.87. The molecular formula is C15H21BrN4. The molecule has 5 heteroatoms. The van der Waals surface area contributed by atoms with Crippen molar-refractivity contribution in [2.45, 2.75) is 38.5 Å². The quantitative estimate of drug-likeness (QED) is 0.935. The van der Waals surface area contributed by atoms with Crippen molar-refractivity contribution in [2.24, 2.45) is 5.92 Å². The molecule has 108 valence electrons. The van der Waals surface area contributed by atoms with E-state index in [1.165, 1.54) is 31.5 Å². The SMILES string of the molecule is CNC[C@H]1CC[C@H](c2nc(Br)c3c(C)nccn32)CC1. The van der Waals surface area contributed by atoms with Gasteiger partial charge in [-0.2, -0.15) is 0 Å². The first kappa shape index (κ1) is 14.0. The van der Waals surface area contributed by atoms with Crippen LogP contribution in [-0.4, -0.2) is 28.0 Å². The summed E-state index contributed by atoms with van der Waals surface area (Å²) in [6.07, 6.45) is 8.96. The summed E-state index contributed by atoms with van der Waals surface area (Å²) in [6, 6.07) is 0. The Kier molecular flexibility index (Phi) is 4.08. The normalized spacial score (nSPS) is 23.4. The Labute approximate surface area is 128 Å². The highest BCUT2D eigenvalue weighted by Crippen LogP contribution is 2.36. The van der Waals surface area contributed by atoms with Gasteiger partial charge in [-0.25, -0.2) is 4.98 Å². The Bertz CT molecular complexity index is 599. The topological polar surface area (TPSA) is 42.2 Å². The molecule has 0 aliphatic heterocycles. The second-order valence-electron chi connectivity index (χ2n) is 5.77. The first-order valence-electron chi connectivity index (χ1n) is 7.34. The lowest BCUT2D eigenvalue weighted by Gasteiger charge is -2.27. The molecule has 0 bridgehead atoms. The first-order chi connectivity index (χ1) is 9.70. The van der Waals surface area contributed by atoms with Gasteiger partial charge < -0.3 is 5.32 Å². The Hall–Kier alpha value is -0.940. The average Bonchev–Trinajstić information content (AvgIpc) is 2.79. The van der Waals surface area contributed by atoms with Crippen LogP contribution in [-0.2, 0) is 0 Å². The zero-order chi connectivity index (χ0) is 14.1. The van der Waals surface area contributed by atoms with Crippen molar-refractivity contribution in [1.82, 2.24) is 19.7 Å². The molecular weight excluding hydrogens is 316 g/mol. The molecule has 4 nitrogen and oxygen atoms in total. The third-order valence-electron chi connectivity index (χ3n) is 4.43. The molecule has 1 aliphatic carbocycles. The highest BCUT2D eigenvalue weighted by molar-refractivity contribution is 9.10. The predicted molar refractivity (Wildman–Crippen MR) is 84.0 cm³/mol. The Morgan fingerprint density at radius 1 is 1.35 bits per heavy atom. The van der Waals surface area contributed by atoms with Crippen LogP contribution < -0.4 is 5.32 Å². The lowest BCUT2D eigenvalue weighted by molar-refractivity contribution is 0.313. The summed E-state index contributed by atoms with van der Waals surface area (Å²) in [4.78, 5) is 9.13. The second-order valence-corrected chi connectivity index (χ2v) is 6.52. The number of aromatic nitrogens is 3. The molecule has 0 spiro atoms. The van der Waals surface area contributed by atoms with Gasteiger partial charge in [-0.15, -0.1) is 0 Å². The number of aryl methyl sites for hydroxylation is 1. The molecule has 2 heterocycles. The zero-order valence-corrected chi connectivity index (χ0v) is 13.7. The molecule has 2 aromatic rings. The number of nitrogens with one attached hydrogen (secondary N) is 1. The molecule has 0 aromatic carbocycles. The largest absolute Gasteiger partial charge is 0.319 e. The van der Waals surface area contributed by atoms with Crippen LogP contribution >= 0.6 is 15.9 Å². The van der Waals surface area contributed by atoms with Crippen LogP contribution in [0.4, 0.5) is 0 Å². The molecule has 0 amide bonds. The van der Waals surface area contributed by atoms with Crippen LogP contribution in [0.1, 0.15) is 43.1 Å². The fraction of sp³-hybridized carbons (Fsp3) is 0.600. The minimum absolute atomic E-state index is 0.573. The molecule has 20 heavy (non-hydrogen) atoms. The zero-order valence-electron chi connectivity index (χ0n) is 12.1. The lowest BCUT2D eigenvalue weighted by atomic mass is 9.81. The minimum atomic E-state index is 0.573. The number of rotatable bonds is 3. The Morgan fingerprint density at radius 3 is 2.80 bits per heavy atom. The summed E-state index contributed by atoms with van der Waals surface area (Å²) in [5, 5.41) is 3.30. The molecule has 0 atom stereocenters. The standard InChI is InChI=1S/C15H21BrN4/c1-10-13-14(16)19-15(20(13)8-7-18-10)12-5-3-11(4-6-12)9-17-2/h7-8,11-12,17H,3-6,9H2,1-2H3/t11-,12-. The van der Waals surface area contributed by atoms with Gasteiger partial charge in [-0.05, 0) is 68.0 Å². The molecule has 0 unspecified atom stereocenters. The van der Waals surface area contributed by atoms with E-state index in [4.69, 9.17) is 4.98 Å². The third-order valence-corrected chi connectivity index (χ3v) is 4.98. The van der Waals surface area contributed by atoms with Crippen molar-refractivity contribution >= 4 is 21.4 Å². The van der Waals surface area contributed by atoms with Gasteiger partial charge in [0.2, 0.25) is 0 Å². The van der Waals surface area contributed by atoms with E-state index in [0.29, 0.717) is 5.92 Å². The van der Waals surface area contributed by atoms with E-state index >= 15 is 0 Å². The summed E-state index contributed by atoms with van der Waals surface area (Å²) >= 11 is 3.59. The van der Waals surface area contributed by atoms with Crippen molar-refractivity contribution in [2.75, 3.05) is 13.6 Å². The molecule has 1 saturated carbocycles. The van der Waals surface area contributed by atoms with Crippen molar-refractivity contribution in [3.05, 3.63) is 28.5 Å². The fourth-order valence-electron chi connectivity index (χ4n) is 3.37. The molecule has 1 fully saturated rings. The van der Waals surface area contributed by atoms with E-state index in [1.807, 2.05) is 26.4 Å². The van der Waals surface area contributed by atoms with Crippen molar-refractivity contribution in [3.63, 3.8) is 0 Å². The molecule has 0 saturated heterocycles. The molecule has 1 N–H and O–H groups in total. The van der Waals surface area contributed by atoms with Crippen LogP contribution in [0.5, 0.6) is 0 Å². The fourth-order valence-corrected chi connectivity index (χ4v) is 4.03. The van der Waals surface area contributed by atoms with E-state index in [0.717, 1.165) is 28.3 Å². The second kappa shape index (κ2) is 5.82. The minimum Gasteiger partial charge on any atom is -0.319 e. The van der Waals surface area contributed by atoms with Crippen LogP contribution in [0.15, 0.2) is 17.0 Å². The van der Waals surface area contributed by atoms with Gasteiger partial charge >= 0.3 is 0 Å². The van der Waals surface area contributed by atoms with Crippen LogP contribution in [0.2, 0.25) is 0 Å². The Morgan fingerprint density at radius 2 is 2.10 bits per heavy atom. The van der Waals surface area contributed by atoms with Crippen molar-refractivity contribution < 1.29 is 0 Å². The number of halogens is 1. The maximum absolute atomic E-state index is 4.77. The first-order valence-corrected chi connectivity index (χ1v) is 8.13. The van der Waals surface area contributed by atoms with E-state index < -0.39 is 0 Å². The van der Waals surface area contributed by atoms with Crippen molar-refractivity contribution in [1.29, 1.82) is 0 Å². The summed E-state index contributed by atoms with van der Waals surface area (Å²) in [5.41, 5.74) is 2.14. The summed E-state index contributed by atoms with van der Waals surface area (Å²) in [5.74, 6) is 2.60. The number of hydrogen-bond donors (Lipinski definition) is 1. The number of fused-ring (bicyclic) bond motifs is 1. The van der Waals surface area contributed by atoms with Gasteiger partial charge in [0, 0.05) is 18.3 Å². The highest BCUT2D eigenvalue weighted by atomic mass is 79.9. The van der Waals surface area contributed by atoms with Gasteiger partial charge in [0.1, 0.15) is 15.9 Å². The van der Waals surface area contributed by atoms with E-state index in [-0.39, 0.29) is 0 Å². The van der Waals surface area contributed by atoms with Gasteiger partial charge in [-0.3, -0.25) is 9.38 Å². The molecule has 2 aromatic heterocycles. The number of hydrogen-bond acceptors (Lipinski definition) is 3. The number of imidazole rings is 1. The van der Waals surface area contributed by atoms with Crippen LogP contribution in [0.25, 0.3) is 5.52 Å². The smallest absolute Gasteiger partial charge is 0.134 e. The van der Waals surface area contributed by atoms with E-state index in [1.54, 1.807) is 0 Å². The maximum Gasteiger partial charge on any atom is 0.134 e. The highest BCUT2D eigenvalue weighted by Gasteiger charge is 2.26. The van der Waals surface area contributed by atoms with Gasteiger partial charge in [0.05, 0.1) is 5.69 Å². The summed E-state index contributed by atoms with van der Waals surface area (Å²) in [6.45, 7) is 3.18. The molecule has 0 radical (unpaired) electrons. The molecule has 3 rings (SSSR count). The summed E-state index contributed by atoms with van der Waals surface area (Å²) in [7, 11) is 2.04. The van der Waals surface area contributed by atoms with Gasteiger partial charge in [-0.1, -0.05) is 0 Å². The third kappa shape index (κ3) is 2.49. The summed E-state index contributed by atoms with van der Waals surface area (Å²) < 4.78 is 3.14. The molecule has 1 aliphatic rings. The number of nitrogens with zero attached hydrogens (tertiary/aromatic N) is 3. The van der Waals surface area contributed by atoms with Gasteiger partial charge in [0.15, 0.2) is 0 Å². The van der Waals surface area contributed by atoms with Crippen LogP contribution in [0.3, 0.4) is 0 Å². The van der Waals surface area contributed by atoms with Gasteiger partial charge in [0.25, 0.3) is 0 Å². The van der Waals surface area contributed by atoms with Crippen molar-refractivity contribution in [3.8, 4) is 0 Å². The lowest BCUT2D eigenvalue weighted by Crippen LogP contribution is -2.24.